The molecule has 82 valence electrons. The molecule has 1 aromatic carbocycles. The molecule has 1 rings (SSSR count). The van der Waals surface area contributed by atoms with Crippen LogP contribution in [0.15, 0.2) is 6.07 Å². The number of carbonyl (C=O) groups is 1. The summed E-state index contributed by atoms with van der Waals surface area (Å²) in [4.78, 5) is 10.4. The maximum absolute atomic E-state index is 13.5. The van der Waals surface area contributed by atoms with Crippen molar-refractivity contribution in [2.75, 3.05) is 0 Å². The minimum Gasteiger partial charge on any atom is -0.481 e. The van der Waals surface area contributed by atoms with Crippen molar-refractivity contribution in [2.24, 2.45) is 0 Å². The molecule has 0 saturated heterocycles. The van der Waals surface area contributed by atoms with E-state index in [0.717, 1.165) is 0 Å². The molecule has 0 aliphatic rings. The van der Waals surface area contributed by atoms with Gasteiger partial charge in [-0.2, -0.15) is 0 Å². The highest BCUT2D eigenvalue weighted by atomic mass is 35.5. The molecule has 0 unspecified atom stereocenters. The van der Waals surface area contributed by atoms with E-state index in [4.69, 9.17) is 16.7 Å². The lowest BCUT2D eigenvalue weighted by atomic mass is 10.0. The Morgan fingerprint density at radius 3 is 2.67 bits per heavy atom. The van der Waals surface area contributed by atoms with Crippen molar-refractivity contribution >= 4 is 17.6 Å². The Morgan fingerprint density at radius 1 is 1.53 bits per heavy atom. The van der Waals surface area contributed by atoms with Gasteiger partial charge in [0.2, 0.25) is 0 Å². The Hall–Kier alpha value is -1.09. The van der Waals surface area contributed by atoms with Crippen LogP contribution in [0.2, 0.25) is 5.02 Å². The van der Waals surface area contributed by atoms with Crippen LogP contribution in [0.1, 0.15) is 23.1 Å². The third-order valence-corrected chi connectivity index (χ3v) is 2.81. The monoisotopic (exact) mass is 230 g/mol. The molecule has 0 fully saturated rings. The summed E-state index contributed by atoms with van der Waals surface area (Å²) in [5.41, 5.74) is 1.78. The number of aryl methyl sites for hydroxylation is 2. The van der Waals surface area contributed by atoms with Crippen molar-refractivity contribution in [1.82, 2.24) is 0 Å². The highest BCUT2D eigenvalue weighted by Gasteiger charge is 2.12. The standard InChI is InChI=1S/C11H12ClFO2/c1-6-5-8(3-4-9(14)15)7(2)11(13)10(6)12/h5H,3-4H2,1-2H3,(H,14,15). The van der Waals surface area contributed by atoms with Gasteiger partial charge >= 0.3 is 5.97 Å². The third-order valence-electron chi connectivity index (χ3n) is 2.35. The van der Waals surface area contributed by atoms with Crippen molar-refractivity contribution < 1.29 is 14.3 Å². The van der Waals surface area contributed by atoms with Gasteiger partial charge in [0.15, 0.2) is 0 Å². The number of hydrogen-bond donors (Lipinski definition) is 1. The predicted molar refractivity (Wildman–Crippen MR) is 56.8 cm³/mol. The number of benzene rings is 1. The van der Waals surface area contributed by atoms with E-state index in [1.807, 2.05) is 0 Å². The van der Waals surface area contributed by atoms with Crippen LogP contribution >= 0.6 is 11.6 Å². The fraction of sp³-hybridized carbons (Fsp3) is 0.364. The van der Waals surface area contributed by atoms with Gasteiger partial charge in [0.1, 0.15) is 5.82 Å². The van der Waals surface area contributed by atoms with E-state index in [2.05, 4.69) is 0 Å². The summed E-state index contributed by atoms with van der Waals surface area (Å²) in [5, 5.41) is 8.66. The smallest absolute Gasteiger partial charge is 0.303 e. The van der Waals surface area contributed by atoms with Crippen LogP contribution in [0.3, 0.4) is 0 Å². The van der Waals surface area contributed by atoms with Gasteiger partial charge < -0.3 is 5.11 Å². The Kier molecular flexibility index (Phi) is 3.69. The van der Waals surface area contributed by atoms with Gasteiger partial charge in [-0.3, -0.25) is 4.79 Å². The highest BCUT2D eigenvalue weighted by Crippen LogP contribution is 2.26. The fourth-order valence-corrected chi connectivity index (χ4v) is 1.61. The normalized spacial score (nSPS) is 10.4. The van der Waals surface area contributed by atoms with Crippen molar-refractivity contribution in [2.45, 2.75) is 26.7 Å². The molecule has 0 aliphatic heterocycles. The second-order valence-electron chi connectivity index (χ2n) is 3.50. The molecule has 1 N–H and O–H groups in total. The van der Waals surface area contributed by atoms with Crippen LogP contribution in [0.4, 0.5) is 4.39 Å². The molecule has 0 heterocycles. The molecule has 0 spiro atoms. The van der Waals surface area contributed by atoms with Crippen LogP contribution < -0.4 is 0 Å². The van der Waals surface area contributed by atoms with E-state index < -0.39 is 11.8 Å². The predicted octanol–water partition coefficient (Wildman–Crippen LogP) is 3.11. The highest BCUT2D eigenvalue weighted by molar-refractivity contribution is 6.31. The second kappa shape index (κ2) is 4.62. The molecule has 0 radical (unpaired) electrons. The first-order valence-corrected chi connectivity index (χ1v) is 4.97. The number of rotatable bonds is 3. The van der Waals surface area contributed by atoms with Gasteiger partial charge in [0, 0.05) is 6.42 Å². The van der Waals surface area contributed by atoms with Crippen LogP contribution in [0.25, 0.3) is 0 Å². The summed E-state index contributed by atoms with van der Waals surface area (Å²) in [7, 11) is 0. The topological polar surface area (TPSA) is 37.3 Å². The second-order valence-corrected chi connectivity index (χ2v) is 3.88. The van der Waals surface area contributed by atoms with Gasteiger partial charge in [0.05, 0.1) is 5.02 Å². The van der Waals surface area contributed by atoms with Crippen molar-refractivity contribution in [1.29, 1.82) is 0 Å². The van der Waals surface area contributed by atoms with Gasteiger partial charge in [-0.15, -0.1) is 0 Å². The Labute approximate surface area is 92.7 Å². The van der Waals surface area contributed by atoms with Gasteiger partial charge in [-0.1, -0.05) is 17.7 Å². The van der Waals surface area contributed by atoms with Crippen LogP contribution in [0.5, 0.6) is 0 Å². The van der Waals surface area contributed by atoms with E-state index in [1.165, 1.54) is 0 Å². The lowest BCUT2D eigenvalue weighted by molar-refractivity contribution is -0.136. The van der Waals surface area contributed by atoms with Crippen LogP contribution in [-0.2, 0) is 11.2 Å². The zero-order valence-electron chi connectivity index (χ0n) is 8.60. The molecule has 4 heteroatoms. The quantitative estimate of drug-likeness (QED) is 0.866. The zero-order valence-corrected chi connectivity index (χ0v) is 9.36. The largest absolute Gasteiger partial charge is 0.481 e. The average molecular weight is 231 g/mol. The van der Waals surface area contributed by atoms with E-state index >= 15 is 0 Å². The summed E-state index contributed by atoms with van der Waals surface area (Å²) in [6.45, 7) is 3.31. The number of aliphatic carboxylic acids is 1. The summed E-state index contributed by atoms with van der Waals surface area (Å²) >= 11 is 5.73. The van der Waals surface area contributed by atoms with Crippen molar-refractivity contribution in [3.63, 3.8) is 0 Å². The Morgan fingerprint density at radius 2 is 2.13 bits per heavy atom. The average Bonchev–Trinajstić information content (AvgIpc) is 2.18. The van der Waals surface area contributed by atoms with Gasteiger partial charge in [-0.25, -0.2) is 4.39 Å². The molecule has 0 atom stereocenters. The molecular weight excluding hydrogens is 219 g/mol. The zero-order chi connectivity index (χ0) is 11.6. The Bertz CT molecular complexity index is 402. The number of halogens is 2. The Balaban J connectivity index is 3.04. The van der Waals surface area contributed by atoms with Crippen LogP contribution in [0, 0.1) is 19.7 Å². The molecule has 15 heavy (non-hydrogen) atoms. The SMILES string of the molecule is Cc1cc(CCC(=O)O)c(C)c(F)c1Cl. The molecule has 0 saturated carbocycles. The summed E-state index contributed by atoms with van der Waals surface area (Å²) < 4.78 is 13.5. The summed E-state index contributed by atoms with van der Waals surface area (Å²) in [6.07, 6.45) is 0.331. The molecule has 0 bridgehead atoms. The van der Waals surface area contributed by atoms with E-state index in [-0.39, 0.29) is 11.4 Å². The maximum Gasteiger partial charge on any atom is 0.303 e. The number of carboxylic acid groups (broad SMARTS) is 1. The van der Waals surface area contributed by atoms with E-state index in [0.29, 0.717) is 23.1 Å². The number of carboxylic acids is 1. The first-order valence-electron chi connectivity index (χ1n) is 4.59. The van der Waals surface area contributed by atoms with Crippen molar-refractivity contribution in [3.05, 3.63) is 33.6 Å². The molecule has 0 aliphatic carbocycles. The molecule has 1 aromatic rings. The number of hydrogen-bond acceptors (Lipinski definition) is 1. The molecule has 0 aromatic heterocycles. The minimum absolute atomic E-state index is 0.00134. The summed E-state index contributed by atoms with van der Waals surface area (Å²) in [6, 6.07) is 1.74. The van der Waals surface area contributed by atoms with Crippen LogP contribution in [-0.4, -0.2) is 11.1 Å². The first kappa shape index (κ1) is 12.0. The molecule has 2 nitrogen and oxygen atoms in total. The van der Waals surface area contributed by atoms with Gasteiger partial charge in [-0.05, 0) is 37.0 Å². The third kappa shape index (κ3) is 2.69. The fourth-order valence-electron chi connectivity index (χ4n) is 1.41. The van der Waals surface area contributed by atoms with E-state index in [9.17, 15) is 9.18 Å². The maximum atomic E-state index is 13.5. The lowest BCUT2D eigenvalue weighted by Crippen LogP contribution is -2.01. The summed E-state index contributed by atoms with van der Waals surface area (Å²) in [5.74, 6) is -1.33. The molecule has 0 amide bonds. The van der Waals surface area contributed by atoms with Gasteiger partial charge in [0.25, 0.3) is 0 Å². The lowest BCUT2D eigenvalue weighted by Gasteiger charge is -2.09. The van der Waals surface area contributed by atoms with Crippen molar-refractivity contribution in [3.8, 4) is 0 Å². The van der Waals surface area contributed by atoms with E-state index in [1.54, 1.807) is 19.9 Å². The molecular formula is C11H12ClFO2. The first-order chi connectivity index (χ1) is 6.93. The minimum atomic E-state index is -0.887.